The van der Waals surface area contributed by atoms with Gasteiger partial charge in [0.15, 0.2) is 0 Å². The van der Waals surface area contributed by atoms with Gasteiger partial charge in [0.1, 0.15) is 11.7 Å². The third-order valence-electron chi connectivity index (χ3n) is 4.15. The quantitative estimate of drug-likeness (QED) is 0.391. The second kappa shape index (κ2) is 8.80. The van der Waals surface area contributed by atoms with Gasteiger partial charge in [-0.1, -0.05) is 6.07 Å². The van der Waals surface area contributed by atoms with Crippen molar-refractivity contribution in [1.82, 2.24) is 20.5 Å². The number of pyridine rings is 1. The highest BCUT2D eigenvalue weighted by Crippen LogP contribution is 2.19. The van der Waals surface area contributed by atoms with Crippen LogP contribution in [0, 0.1) is 10.8 Å². The Kier molecular flexibility index (Phi) is 6.48. The number of amides is 1. The molecule has 1 aromatic rings. The van der Waals surface area contributed by atoms with Gasteiger partial charge in [-0.15, -0.1) is 0 Å². The van der Waals surface area contributed by atoms with E-state index in [9.17, 15) is 4.79 Å². The fraction of sp³-hybridized carbons (Fsp3) is 0.333. The summed E-state index contributed by atoms with van der Waals surface area (Å²) in [6.07, 6.45) is 3.60. The monoisotopic (exact) mass is 355 g/mol. The van der Waals surface area contributed by atoms with Gasteiger partial charge in [-0.25, -0.2) is 4.98 Å². The SMILES string of the molecule is CN/C=C(\C=N)c1cccc(NC(=N)C2=C(NC)CCN(C(C)=O)C2)n1. The summed E-state index contributed by atoms with van der Waals surface area (Å²) in [6, 6.07) is 5.39. The molecule has 26 heavy (non-hydrogen) atoms. The van der Waals surface area contributed by atoms with Crippen molar-refractivity contribution in [2.45, 2.75) is 13.3 Å². The van der Waals surface area contributed by atoms with Gasteiger partial charge in [-0.05, 0) is 12.1 Å². The molecule has 1 amide bonds. The molecule has 0 bridgehead atoms. The number of hydrogen-bond acceptors (Lipinski definition) is 6. The Morgan fingerprint density at radius 3 is 2.73 bits per heavy atom. The lowest BCUT2D eigenvalue weighted by atomic mass is 10.0. The number of nitrogens with one attached hydrogen (secondary N) is 5. The largest absolute Gasteiger partial charge is 0.393 e. The molecule has 8 nitrogen and oxygen atoms in total. The Labute approximate surface area is 153 Å². The minimum atomic E-state index is -0.00148. The van der Waals surface area contributed by atoms with Crippen LogP contribution in [-0.2, 0) is 4.79 Å². The second-order valence-corrected chi connectivity index (χ2v) is 5.84. The summed E-state index contributed by atoms with van der Waals surface area (Å²) in [6.45, 7) is 2.58. The number of allylic oxidation sites excluding steroid dienone is 1. The molecule has 2 rings (SSSR count). The lowest BCUT2D eigenvalue weighted by molar-refractivity contribution is -0.128. The molecule has 0 fully saturated rings. The van der Waals surface area contributed by atoms with Crippen LogP contribution in [-0.4, -0.2) is 55.0 Å². The average molecular weight is 355 g/mol. The molecule has 5 N–H and O–H groups in total. The fourth-order valence-corrected chi connectivity index (χ4v) is 2.75. The van der Waals surface area contributed by atoms with E-state index in [0.717, 1.165) is 11.3 Å². The summed E-state index contributed by atoms with van der Waals surface area (Å²) in [7, 11) is 3.58. The van der Waals surface area contributed by atoms with Crippen molar-refractivity contribution >= 4 is 29.3 Å². The first kappa shape index (κ1) is 19.2. The molecule has 0 saturated carbocycles. The smallest absolute Gasteiger partial charge is 0.219 e. The minimum Gasteiger partial charge on any atom is -0.393 e. The maximum absolute atomic E-state index is 11.7. The summed E-state index contributed by atoms with van der Waals surface area (Å²) in [4.78, 5) is 17.9. The third-order valence-corrected chi connectivity index (χ3v) is 4.15. The van der Waals surface area contributed by atoms with Gasteiger partial charge < -0.3 is 26.3 Å². The van der Waals surface area contributed by atoms with Crippen LogP contribution in [0.5, 0.6) is 0 Å². The van der Waals surface area contributed by atoms with Gasteiger partial charge in [-0.2, -0.15) is 0 Å². The van der Waals surface area contributed by atoms with E-state index >= 15 is 0 Å². The van der Waals surface area contributed by atoms with Crippen LogP contribution in [0.15, 0.2) is 35.7 Å². The van der Waals surface area contributed by atoms with E-state index in [1.807, 2.05) is 13.1 Å². The molecule has 0 saturated heterocycles. The third kappa shape index (κ3) is 4.47. The maximum atomic E-state index is 11.7. The molecule has 8 heteroatoms. The summed E-state index contributed by atoms with van der Waals surface area (Å²) < 4.78 is 0. The molecule has 0 radical (unpaired) electrons. The van der Waals surface area contributed by atoms with Crippen LogP contribution in [0.1, 0.15) is 19.0 Å². The van der Waals surface area contributed by atoms with Gasteiger partial charge in [-0.3, -0.25) is 10.2 Å². The molecule has 0 aliphatic carbocycles. The lowest BCUT2D eigenvalue weighted by Crippen LogP contribution is -2.40. The first-order valence-corrected chi connectivity index (χ1v) is 8.36. The molecule has 0 spiro atoms. The molecular weight excluding hydrogens is 330 g/mol. The standard InChI is InChI=1S/C18H25N7O/c1-12(26)25-8-7-16(22-3)14(11-25)18(20)24-17-6-4-5-15(23-17)13(9-19)10-21-2/h4-6,9-10,19,21-22H,7-8,11H2,1-3H3,(H2,20,23,24)/b13-10+,19-9?. The predicted molar refractivity (Wildman–Crippen MR) is 104 cm³/mol. The zero-order valence-corrected chi connectivity index (χ0v) is 15.3. The summed E-state index contributed by atoms with van der Waals surface area (Å²) in [5.41, 5.74) is 2.97. The van der Waals surface area contributed by atoms with Gasteiger partial charge in [0.25, 0.3) is 0 Å². The first-order chi connectivity index (χ1) is 12.5. The molecule has 0 atom stereocenters. The van der Waals surface area contributed by atoms with E-state index in [1.165, 1.54) is 13.1 Å². The highest BCUT2D eigenvalue weighted by Gasteiger charge is 2.23. The number of aromatic nitrogens is 1. The second-order valence-electron chi connectivity index (χ2n) is 5.84. The average Bonchev–Trinajstić information content (AvgIpc) is 2.65. The van der Waals surface area contributed by atoms with Crippen LogP contribution >= 0.6 is 0 Å². The molecule has 0 unspecified atom stereocenters. The first-order valence-electron chi connectivity index (χ1n) is 8.36. The highest BCUT2D eigenvalue weighted by atomic mass is 16.2. The minimum absolute atomic E-state index is 0.00148. The van der Waals surface area contributed by atoms with Crippen LogP contribution in [0.3, 0.4) is 0 Å². The van der Waals surface area contributed by atoms with Gasteiger partial charge in [0.2, 0.25) is 5.91 Å². The van der Waals surface area contributed by atoms with Gasteiger partial charge >= 0.3 is 0 Å². The molecule has 138 valence electrons. The topological polar surface area (TPSA) is 117 Å². The van der Waals surface area contributed by atoms with Crippen molar-refractivity contribution in [2.75, 3.05) is 32.5 Å². The normalized spacial score (nSPS) is 14.7. The lowest BCUT2D eigenvalue weighted by Gasteiger charge is -2.30. The molecule has 1 aromatic heterocycles. The Morgan fingerprint density at radius 2 is 2.12 bits per heavy atom. The number of anilines is 1. The molecule has 2 heterocycles. The molecule has 1 aliphatic heterocycles. The van der Waals surface area contributed by atoms with E-state index in [2.05, 4.69) is 20.9 Å². The summed E-state index contributed by atoms with van der Waals surface area (Å²) in [5.74, 6) is 0.719. The van der Waals surface area contributed by atoms with E-state index in [-0.39, 0.29) is 11.7 Å². The maximum Gasteiger partial charge on any atom is 0.219 e. The number of carbonyl (C=O) groups excluding carboxylic acids is 1. The molecular formula is C18H25N7O. The number of carbonyl (C=O) groups is 1. The molecule has 1 aliphatic rings. The molecule has 0 aromatic carbocycles. The van der Waals surface area contributed by atoms with Crippen molar-refractivity contribution in [2.24, 2.45) is 0 Å². The predicted octanol–water partition coefficient (Wildman–Crippen LogP) is 1.41. The van der Waals surface area contributed by atoms with Crippen molar-refractivity contribution in [3.63, 3.8) is 0 Å². The zero-order chi connectivity index (χ0) is 19.1. The van der Waals surface area contributed by atoms with Gasteiger partial charge in [0.05, 0.1) is 12.2 Å². The Balaban J connectivity index is 2.23. The number of rotatable bonds is 6. The Hall–Kier alpha value is -3.16. The number of hydrogen-bond donors (Lipinski definition) is 5. The van der Waals surface area contributed by atoms with Crippen LogP contribution < -0.4 is 16.0 Å². The van der Waals surface area contributed by atoms with Gasteiger partial charge in [0, 0.05) is 63.2 Å². The van der Waals surface area contributed by atoms with Crippen LogP contribution in [0.2, 0.25) is 0 Å². The van der Waals surface area contributed by atoms with Crippen LogP contribution in [0.4, 0.5) is 5.82 Å². The highest BCUT2D eigenvalue weighted by molar-refractivity contribution is 6.08. The van der Waals surface area contributed by atoms with E-state index in [4.69, 9.17) is 10.8 Å². The zero-order valence-electron chi connectivity index (χ0n) is 15.3. The fourth-order valence-electron chi connectivity index (χ4n) is 2.75. The van der Waals surface area contributed by atoms with Crippen LogP contribution in [0.25, 0.3) is 5.57 Å². The summed E-state index contributed by atoms with van der Waals surface area (Å²) in [5, 5.41) is 25.0. The van der Waals surface area contributed by atoms with E-state index < -0.39 is 0 Å². The van der Waals surface area contributed by atoms with Crippen molar-refractivity contribution in [3.05, 3.63) is 41.4 Å². The van der Waals surface area contributed by atoms with Crippen molar-refractivity contribution < 1.29 is 4.79 Å². The van der Waals surface area contributed by atoms with E-state index in [1.54, 1.807) is 30.3 Å². The van der Waals surface area contributed by atoms with Crippen molar-refractivity contribution in [3.8, 4) is 0 Å². The Morgan fingerprint density at radius 1 is 1.35 bits per heavy atom. The van der Waals surface area contributed by atoms with Crippen molar-refractivity contribution in [1.29, 1.82) is 10.8 Å². The Bertz CT molecular complexity index is 767. The number of amidine groups is 1. The number of nitrogens with zero attached hydrogens (tertiary/aromatic N) is 2. The summed E-state index contributed by atoms with van der Waals surface area (Å²) >= 11 is 0. The van der Waals surface area contributed by atoms with E-state index in [0.29, 0.717) is 36.6 Å².